The first kappa shape index (κ1) is 6.09. The molecule has 0 aromatic heterocycles. The van der Waals surface area contributed by atoms with Gasteiger partial charge in [0.25, 0.3) is 0 Å². The quantitative estimate of drug-likeness (QED) is 0.487. The van der Waals surface area contributed by atoms with Crippen molar-refractivity contribution in [2.24, 2.45) is 0 Å². The Kier molecular flexibility index (Phi) is 2.08. The van der Waals surface area contributed by atoms with Crippen LogP contribution in [0.2, 0.25) is 0 Å². The monoisotopic (exact) mass is 117 g/mol. The maximum atomic E-state index is 3.57. The van der Waals surface area contributed by atoms with Gasteiger partial charge in [-0.1, -0.05) is 43.0 Å². The van der Waals surface area contributed by atoms with Gasteiger partial charge in [-0.3, -0.25) is 0 Å². The third-order valence-corrected chi connectivity index (χ3v) is 1.11. The molecule has 1 aliphatic rings. The van der Waals surface area contributed by atoms with Gasteiger partial charge in [-0.2, -0.15) is 0 Å². The van der Waals surface area contributed by atoms with E-state index in [-0.39, 0.29) is 0 Å². The highest BCUT2D eigenvalue weighted by Gasteiger charge is 1.91. The molecule has 0 saturated heterocycles. The number of hydrogen-bond donors (Lipinski definition) is 0. The lowest BCUT2D eigenvalue weighted by Gasteiger charge is -1.85. The zero-order valence-corrected chi connectivity index (χ0v) is 5.25. The fourth-order valence-corrected chi connectivity index (χ4v) is 0.679. The van der Waals surface area contributed by atoms with Gasteiger partial charge in [-0.25, -0.2) is 0 Å². The number of allylic oxidation sites excluding steroid dienone is 7. The highest BCUT2D eigenvalue weighted by Crippen LogP contribution is 2.09. The van der Waals surface area contributed by atoms with Crippen LogP contribution in [-0.2, 0) is 0 Å². The molecule has 0 saturated carbocycles. The van der Waals surface area contributed by atoms with Crippen molar-refractivity contribution >= 4 is 0 Å². The number of rotatable bonds is 2. The van der Waals surface area contributed by atoms with Gasteiger partial charge in [-0.15, -0.1) is 0 Å². The summed E-state index contributed by atoms with van der Waals surface area (Å²) in [5, 5.41) is 0. The number of hydrogen-bond acceptors (Lipinski definition) is 0. The van der Waals surface area contributed by atoms with E-state index in [0.29, 0.717) is 0 Å². The molecular weight excluding hydrogens is 108 g/mol. The van der Waals surface area contributed by atoms with E-state index >= 15 is 0 Å². The summed E-state index contributed by atoms with van der Waals surface area (Å²) in [4.78, 5) is 0. The first-order chi connectivity index (χ1) is 4.43. The molecule has 0 atom stereocenters. The molecule has 9 heavy (non-hydrogen) atoms. The van der Waals surface area contributed by atoms with Crippen molar-refractivity contribution in [3.8, 4) is 0 Å². The van der Waals surface area contributed by atoms with Crippen molar-refractivity contribution in [2.75, 3.05) is 0 Å². The molecule has 0 aliphatic heterocycles. The van der Waals surface area contributed by atoms with E-state index in [4.69, 9.17) is 0 Å². The van der Waals surface area contributed by atoms with Crippen LogP contribution >= 0.6 is 0 Å². The zero-order chi connectivity index (χ0) is 6.53. The molecule has 1 radical (unpaired) electrons. The second kappa shape index (κ2) is 3.08. The molecule has 45 valence electrons. The highest BCUT2D eigenvalue weighted by atomic mass is 14.0. The summed E-state index contributed by atoms with van der Waals surface area (Å²) in [6, 6.07) is 0. The van der Waals surface area contributed by atoms with E-state index in [1.807, 2.05) is 24.3 Å². The normalized spacial score (nSPS) is 16.7. The van der Waals surface area contributed by atoms with Gasteiger partial charge < -0.3 is 0 Å². The van der Waals surface area contributed by atoms with Crippen LogP contribution in [0.25, 0.3) is 0 Å². The maximum Gasteiger partial charge on any atom is 0.0125 e. The van der Waals surface area contributed by atoms with E-state index in [1.54, 1.807) is 6.08 Å². The Bertz CT molecular complexity index is 180. The third kappa shape index (κ3) is 1.73. The summed E-state index contributed by atoms with van der Waals surface area (Å²) in [5.41, 5.74) is 1.23. The van der Waals surface area contributed by atoms with Crippen molar-refractivity contribution in [3.63, 3.8) is 0 Å². The molecule has 0 bridgehead atoms. The van der Waals surface area contributed by atoms with Gasteiger partial charge in [0.1, 0.15) is 0 Å². The van der Waals surface area contributed by atoms with Crippen LogP contribution in [-0.4, -0.2) is 0 Å². The summed E-state index contributed by atoms with van der Waals surface area (Å²) < 4.78 is 0. The molecular formula is C9H9. The minimum Gasteiger partial charge on any atom is -0.0991 e. The van der Waals surface area contributed by atoms with Crippen LogP contribution in [0.4, 0.5) is 0 Å². The Balaban J connectivity index is 2.47. The maximum absolute atomic E-state index is 3.57. The van der Waals surface area contributed by atoms with Crippen molar-refractivity contribution in [3.05, 3.63) is 55.0 Å². The minimum absolute atomic E-state index is 1.23. The molecule has 0 nitrogen and oxygen atoms in total. The average Bonchev–Trinajstić information content (AvgIpc) is 2.34. The molecule has 0 heterocycles. The average molecular weight is 117 g/mol. The van der Waals surface area contributed by atoms with E-state index in [9.17, 15) is 0 Å². The van der Waals surface area contributed by atoms with Crippen LogP contribution in [0.1, 0.15) is 0 Å². The fraction of sp³-hybridized carbons (Fsp3) is 0. The smallest absolute Gasteiger partial charge is 0.0125 e. The Morgan fingerprint density at radius 3 is 2.78 bits per heavy atom. The third-order valence-electron chi connectivity index (χ3n) is 1.11. The van der Waals surface area contributed by atoms with Crippen LogP contribution in [0.15, 0.2) is 48.6 Å². The van der Waals surface area contributed by atoms with Gasteiger partial charge >= 0.3 is 0 Å². The van der Waals surface area contributed by atoms with Crippen LogP contribution < -0.4 is 0 Å². The summed E-state index contributed by atoms with van der Waals surface area (Å²) in [5.74, 6) is 0. The summed E-state index contributed by atoms with van der Waals surface area (Å²) in [7, 11) is 0. The highest BCUT2D eigenvalue weighted by molar-refractivity contribution is 5.41. The Labute approximate surface area is 55.9 Å². The molecule has 0 unspecified atom stereocenters. The van der Waals surface area contributed by atoms with Crippen LogP contribution in [0, 0.1) is 6.42 Å². The molecule has 1 aliphatic carbocycles. The van der Waals surface area contributed by atoms with Crippen molar-refractivity contribution in [2.45, 2.75) is 0 Å². The Morgan fingerprint density at radius 1 is 1.33 bits per heavy atom. The minimum atomic E-state index is 1.23. The van der Waals surface area contributed by atoms with Crippen molar-refractivity contribution in [1.29, 1.82) is 0 Å². The summed E-state index contributed by atoms with van der Waals surface area (Å²) in [6.45, 7) is 3.57. The Hall–Kier alpha value is -1.04. The summed E-state index contributed by atoms with van der Waals surface area (Å²) >= 11 is 0. The first-order valence-corrected chi connectivity index (χ1v) is 2.94. The predicted octanol–water partition coefficient (Wildman–Crippen LogP) is 2.43. The predicted molar refractivity (Wildman–Crippen MR) is 40.9 cm³/mol. The van der Waals surface area contributed by atoms with Crippen molar-refractivity contribution < 1.29 is 0 Å². The molecule has 0 N–H and O–H groups in total. The zero-order valence-electron chi connectivity index (χ0n) is 5.25. The lowest BCUT2D eigenvalue weighted by molar-refractivity contribution is 1.64. The van der Waals surface area contributed by atoms with E-state index in [1.165, 1.54) is 5.57 Å². The molecule has 0 heteroatoms. The largest absolute Gasteiger partial charge is 0.0991 e. The second-order valence-electron chi connectivity index (χ2n) is 1.81. The Morgan fingerprint density at radius 2 is 2.22 bits per heavy atom. The topological polar surface area (TPSA) is 0 Å². The standard InChI is InChI=1S/C9H9/c1-2-3-6-9-7-4-5-8-9/h2-8H,1H2/b6-3+. The van der Waals surface area contributed by atoms with Crippen LogP contribution in [0.5, 0.6) is 0 Å². The second-order valence-corrected chi connectivity index (χ2v) is 1.81. The first-order valence-electron chi connectivity index (χ1n) is 2.94. The van der Waals surface area contributed by atoms with Gasteiger partial charge in [0.2, 0.25) is 0 Å². The van der Waals surface area contributed by atoms with Gasteiger partial charge in [-0.05, 0) is 5.57 Å². The van der Waals surface area contributed by atoms with Crippen LogP contribution in [0.3, 0.4) is 0 Å². The van der Waals surface area contributed by atoms with Crippen molar-refractivity contribution in [1.82, 2.24) is 0 Å². The molecule has 0 spiro atoms. The van der Waals surface area contributed by atoms with E-state index < -0.39 is 0 Å². The molecule has 1 rings (SSSR count). The van der Waals surface area contributed by atoms with E-state index in [0.717, 1.165) is 0 Å². The van der Waals surface area contributed by atoms with E-state index in [2.05, 4.69) is 19.1 Å². The lowest BCUT2D eigenvalue weighted by Crippen LogP contribution is -1.67. The molecule has 0 amide bonds. The fourth-order valence-electron chi connectivity index (χ4n) is 0.679. The molecule has 0 fully saturated rings. The lowest BCUT2D eigenvalue weighted by atomic mass is 10.2. The van der Waals surface area contributed by atoms with Gasteiger partial charge in [0.05, 0.1) is 0 Å². The molecule has 0 aromatic rings. The SMILES string of the molecule is C=C/C=C/C1=CC=C[CH]1. The molecule has 0 aromatic carbocycles. The van der Waals surface area contributed by atoms with Gasteiger partial charge in [0.15, 0.2) is 0 Å². The van der Waals surface area contributed by atoms with Gasteiger partial charge in [0, 0.05) is 6.42 Å². The summed E-state index contributed by atoms with van der Waals surface area (Å²) in [6.07, 6.45) is 13.9.